The minimum absolute atomic E-state index is 0.173. The number of aromatic nitrogens is 1. The summed E-state index contributed by atoms with van der Waals surface area (Å²) in [5.41, 5.74) is 3.59. The number of fused-ring (bicyclic) bond motifs is 1. The number of carbonyl (C=O) groups excluding carboxylic acids is 1. The molecule has 0 saturated carbocycles. The molecule has 2 aromatic carbocycles. The standard InChI is InChI=1S/C25H24IN3O3S/c1-5-32-24(31)21-15(2)27-25-29(22(21)17-8-12-19(13-9-17)28(3)4)23(30)20(33-25)14-16-6-10-18(26)11-7-16/h6-14,22H,5H2,1-4H3/b20-14+/t22-/m1/s1. The molecule has 1 aliphatic rings. The summed E-state index contributed by atoms with van der Waals surface area (Å²) in [6.45, 7) is 3.81. The van der Waals surface area contributed by atoms with E-state index in [1.54, 1.807) is 18.4 Å². The van der Waals surface area contributed by atoms with Crippen LogP contribution in [0.5, 0.6) is 0 Å². The van der Waals surface area contributed by atoms with Gasteiger partial charge >= 0.3 is 5.97 Å². The van der Waals surface area contributed by atoms with Crippen LogP contribution in [0, 0.1) is 3.57 Å². The van der Waals surface area contributed by atoms with Crippen molar-refractivity contribution in [2.45, 2.75) is 19.9 Å². The zero-order valence-electron chi connectivity index (χ0n) is 18.8. The zero-order chi connectivity index (χ0) is 23.7. The van der Waals surface area contributed by atoms with E-state index in [9.17, 15) is 9.59 Å². The van der Waals surface area contributed by atoms with Gasteiger partial charge in [0.1, 0.15) is 0 Å². The van der Waals surface area contributed by atoms with Gasteiger partial charge in [-0.25, -0.2) is 9.79 Å². The summed E-state index contributed by atoms with van der Waals surface area (Å²) in [7, 11) is 3.94. The summed E-state index contributed by atoms with van der Waals surface area (Å²) in [6, 6.07) is 15.2. The van der Waals surface area contributed by atoms with Gasteiger partial charge in [0.2, 0.25) is 0 Å². The van der Waals surface area contributed by atoms with Gasteiger partial charge in [0.05, 0.1) is 28.5 Å². The summed E-state index contributed by atoms with van der Waals surface area (Å²) in [6.07, 6.45) is 1.87. The third-order valence-corrected chi connectivity index (χ3v) is 7.11. The lowest BCUT2D eigenvalue weighted by Crippen LogP contribution is -2.39. The Morgan fingerprint density at radius 2 is 1.85 bits per heavy atom. The lowest BCUT2D eigenvalue weighted by atomic mass is 9.95. The Bertz CT molecular complexity index is 1400. The van der Waals surface area contributed by atoms with Crippen LogP contribution in [0.4, 0.5) is 5.69 Å². The SMILES string of the molecule is CCOC(=O)C1=C(C)N=c2s/c(=C/c3ccc(I)cc3)c(=O)n2[C@@H]1c1ccc(N(C)C)cc1. The van der Waals surface area contributed by atoms with Crippen LogP contribution in [0.3, 0.4) is 0 Å². The molecule has 4 rings (SSSR count). The lowest BCUT2D eigenvalue weighted by molar-refractivity contribution is -0.139. The average molecular weight is 573 g/mol. The van der Waals surface area contributed by atoms with E-state index in [4.69, 9.17) is 4.74 Å². The highest BCUT2D eigenvalue weighted by Gasteiger charge is 2.33. The first-order chi connectivity index (χ1) is 15.8. The second-order valence-electron chi connectivity index (χ2n) is 7.84. The average Bonchev–Trinajstić information content (AvgIpc) is 3.09. The first-order valence-electron chi connectivity index (χ1n) is 10.5. The third-order valence-electron chi connectivity index (χ3n) is 5.41. The van der Waals surface area contributed by atoms with E-state index in [2.05, 4.69) is 27.6 Å². The normalized spacial score (nSPS) is 15.8. The van der Waals surface area contributed by atoms with E-state index >= 15 is 0 Å². The summed E-state index contributed by atoms with van der Waals surface area (Å²) in [5, 5.41) is 0. The number of allylic oxidation sites excluding steroid dienone is 1. The van der Waals surface area contributed by atoms with Crippen molar-refractivity contribution >= 4 is 51.7 Å². The van der Waals surface area contributed by atoms with Crippen LogP contribution in [0.2, 0.25) is 0 Å². The first-order valence-corrected chi connectivity index (χ1v) is 12.4. The molecule has 6 nitrogen and oxygen atoms in total. The van der Waals surface area contributed by atoms with Gasteiger partial charge in [0, 0.05) is 23.4 Å². The number of halogens is 1. The smallest absolute Gasteiger partial charge is 0.338 e. The van der Waals surface area contributed by atoms with E-state index in [1.807, 2.05) is 73.6 Å². The van der Waals surface area contributed by atoms with Crippen LogP contribution in [0.25, 0.3) is 6.08 Å². The molecule has 0 bridgehead atoms. The summed E-state index contributed by atoms with van der Waals surface area (Å²) in [4.78, 5) is 33.7. The fourth-order valence-electron chi connectivity index (χ4n) is 3.77. The number of anilines is 1. The van der Waals surface area contributed by atoms with Crippen molar-refractivity contribution in [3.63, 3.8) is 0 Å². The Morgan fingerprint density at radius 3 is 2.45 bits per heavy atom. The third kappa shape index (κ3) is 4.67. The topological polar surface area (TPSA) is 63.9 Å². The number of esters is 1. The molecular weight excluding hydrogens is 549 g/mol. The van der Waals surface area contributed by atoms with Crippen molar-refractivity contribution in [1.82, 2.24) is 4.57 Å². The number of hydrogen-bond acceptors (Lipinski definition) is 6. The van der Waals surface area contributed by atoms with Crippen LogP contribution in [-0.4, -0.2) is 31.2 Å². The van der Waals surface area contributed by atoms with Crippen molar-refractivity contribution in [1.29, 1.82) is 0 Å². The molecule has 0 radical (unpaired) electrons. The van der Waals surface area contributed by atoms with Crippen LogP contribution < -0.4 is 19.8 Å². The van der Waals surface area contributed by atoms with Gasteiger partial charge in [-0.1, -0.05) is 35.6 Å². The van der Waals surface area contributed by atoms with Crippen molar-refractivity contribution < 1.29 is 9.53 Å². The molecule has 0 fully saturated rings. The Balaban J connectivity index is 1.92. The van der Waals surface area contributed by atoms with Crippen molar-refractivity contribution in [2.24, 2.45) is 4.99 Å². The van der Waals surface area contributed by atoms with Crippen LogP contribution >= 0.6 is 33.9 Å². The molecule has 0 aliphatic carbocycles. The summed E-state index contributed by atoms with van der Waals surface area (Å²) in [5.74, 6) is -0.452. The number of ether oxygens (including phenoxy) is 1. The number of rotatable bonds is 5. The minimum atomic E-state index is -0.601. The maximum Gasteiger partial charge on any atom is 0.338 e. The maximum absolute atomic E-state index is 13.6. The van der Waals surface area contributed by atoms with Gasteiger partial charge in [-0.05, 0) is 77.9 Å². The monoisotopic (exact) mass is 573 g/mol. The highest BCUT2D eigenvalue weighted by molar-refractivity contribution is 14.1. The first kappa shape index (κ1) is 23.4. The van der Waals surface area contributed by atoms with Crippen molar-refractivity contribution in [3.05, 3.63) is 94.2 Å². The largest absolute Gasteiger partial charge is 0.463 e. The van der Waals surface area contributed by atoms with Crippen LogP contribution in [0.15, 0.2) is 69.6 Å². The molecule has 0 N–H and O–H groups in total. The Kier molecular flexibility index (Phi) is 6.85. The molecule has 3 aromatic rings. The van der Waals surface area contributed by atoms with Gasteiger partial charge in [-0.15, -0.1) is 0 Å². The molecular formula is C25H24IN3O3S. The Labute approximate surface area is 209 Å². The number of nitrogens with zero attached hydrogens (tertiary/aromatic N) is 3. The molecule has 170 valence electrons. The van der Waals surface area contributed by atoms with Gasteiger partial charge in [0.25, 0.3) is 5.56 Å². The van der Waals surface area contributed by atoms with E-state index in [0.717, 1.165) is 20.4 Å². The molecule has 1 aliphatic heterocycles. The number of carbonyl (C=O) groups is 1. The zero-order valence-corrected chi connectivity index (χ0v) is 21.8. The quantitative estimate of drug-likeness (QED) is 0.347. The molecule has 0 spiro atoms. The van der Waals surface area contributed by atoms with Crippen LogP contribution in [0.1, 0.15) is 31.0 Å². The molecule has 0 saturated heterocycles. The van der Waals surface area contributed by atoms with Crippen molar-refractivity contribution in [3.8, 4) is 0 Å². The molecule has 0 amide bonds. The number of hydrogen-bond donors (Lipinski definition) is 0. The molecule has 1 atom stereocenters. The fraction of sp³-hybridized carbons (Fsp3) is 0.240. The summed E-state index contributed by atoms with van der Waals surface area (Å²) < 4.78 is 8.67. The van der Waals surface area contributed by atoms with E-state index in [-0.39, 0.29) is 12.2 Å². The summed E-state index contributed by atoms with van der Waals surface area (Å²) >= 11 is 3.58. The maximum atomic E-state index is 13.6. The molecule has 1 aromatic heterocycles. The predicted octanol–water partition coefficient (Wildman–Crippen LogP) is 3.47. The van der Waals surface area contributed by atoms with E-state index < -0.39 is 12.0 Å². The molecule has 33 heavy (non-hydrogen) atoms. The van der Waals surface area contributed by atoms with Crippen molar-refractivity contribution in [2.75, 3.05) is 25.6 Å². The minimum Gasteiger partial charge on any atom is -0.463 e. The predicted molar refractivity (Wildman–Crippen MR) is 140 cm³/mol. The Hall–Kier alpha value is -2.72. The van der Waals surface area contributed by atoms with Gasteiger partial charge in [-0.3, -0.25) is 9.36 Å². The number of benzene rings is 2. The van der Waals surface area contributed by atoms with Gasteiger partial charge in [0.15, 0.2) is 4.80 Å². The van der Waals surface area contributed by atoms with E-state index in [1.165, 1.54) is 11.3 Å². The number of thiazole rings is 1. The molecule has 2 heterocycles. The highest BCUT2D eigenvalue weighted by Crippen LogP contribution is 2.31. The lowest BCUT2D eigenvalue weighted by Gasteiger charge is -2.25. The van der Waals surface area contributed by atoms with Gasteiger partial charge < -0.3 is 9.64 Å². The van der Waals surface area contributed by atoms with E-state index in [0.29, 0.717) is 20.6 Å². The molecule has 0 unspecified atom stereocenters. The molecule has 8 heteroatoms. The second-order valence-corrected chi connectivity index (χ2v) is 10.1. The fourth-order valence-corrected chi connectivity index (χ4v) is 5.18. The van der Waals surface area contributed by atoms with Crippen LogP contribution in [-0.2, 0) is 9.53 Å². The highest BCUT2D eigenvalue weighted by atomic mass is 127. The van der Waals surface area contributed by atoms with Gasteiger partial charge in [-0.2, -0.15) is 0 Å². The Morgan fingerprint density at radius 1 is 1.18 bits per heavy atom. The second kappa shape index (κ2) is 9.64.